The van der Waals surface area contributed by atoms with Crippen LogP contribution >= 0.6 is 11.6 Å². The lowest BCUT2D eigenvalue weighted by Crippen LogP contribution is -2.71. The van der Waals surface area contributed by atoms with Gasteiger partial charge in [0.15, 0.2) is 0 Å². The largest absolute Gasteiger partial charge is 0.391 e. The van der Waals surface area contributed by atoms with Gasteiger partial charge in [-0.15, -0.1) is 11.6 Å². The van der Waals surface area contributed by atoms with Gasteiger partial charge in [0.05, 0.1) is 29.2 Å². The van der Waals surface area contributed by atoms with Crippen molar-refractivity contribution in [2.75, 3.05) is 13.2 Å². The molecule has 5 atom stereocenters. The molecule has 2 amide bonds. The number of aliphatic hydroxyl groups is 1. The Labute approximate surface area is 188 Å². The van der Waals surface area contributed by atoms with Crippen LogP contribution in [0, 0.1) is 0 Å². The Hall–Kier alpha value is -0.960. The Morgan fingerprint density at radius 1 is 1.13 bits per heavy atom. The molecule has 0 aromatic carbocycles. The summed E-state index contributed by atoms with van der Waals surface area (Å²) in [5.41, 5.74) is -1.07. The Morgan fingerprint density at radius 2 is 1.90 bits per heavy atom. The van der Waals surface area contributed by atoms with E-state index in [1.807, 2.05) is 0 Å². The monoisotopic (exact) mass is 459 g/mol. The summed E-state index contributed by atoms with van der Waals surface area (Å²) in [7, 11) is 0. The molecule has 176 valence electrons. The molecule has 4 unspecified atom stereocenters. The Morgan fingerprint density at radius 3 is 2.55 bits per heavy atom. The van der Waals surface area contributed by atoms with Crippen molar-refractivity contribution in [2.24, 2.45) is 0 Å². The van der Waals surface area contributed by atoms with E-state index in [0.29, 0.717) is 32.1 Å². The number of amides is 2. The van der Waals surface area contributed by atoms with Gasteiger partial charge in [-0.05, 0) is 64.3 Å². The maximum Gasteiger partial charge on any atom is 0.246 e. The number of fused-ring (bicyclic) bond motifs is 3. The van der Waals surface area contributed by atoms with Crippen LogP contribution in [-0.2, 0) is 14.3 Å². The summed E-state index contributed by atoms with van der Waals surface area (Å²) < 4.78 is 19.4. The van der Waals surface area contributed by atoms with Crippen molar-refractivity contribution in [2.45, 2.75) is 112 Å². The molecule has 2 bridgehead atoms. The van der Waals surface area contributed by atoms with Gasteiger partial charge >= 0.3 is 0 Å². The predicted octanol–water partition coefficient (Wildman–Crippen LogP) is 1.69. The molecular formula is C22H35ClFN3O4. The SMILES string of the molecule is O=C(COC1CCC(Cl)C(F)C1)NC12CCC(NC(=O)C3CCCCN3)(CC1)C[C@@H]2O. The van der Waals surface area contributed by atoms with Crippen LogP contribution < -0.4 is 16.0 Å². The number of hydrogen-bond acceptors (Lipinski definition) is 5. The normalized spacial score (nSPS) is 42.7. The number of nitrogens with one attached hydrogen (secondary N) is 3. The van der Waals surface area contributed by atoms with Crippen LogP contribution in [0.1, 0.15) is 70.6 Å². The number of hydrogen-bond donors (Lipinski definition) is 4. The van der Waals surface area contributed by atoms with Gasteiger partial charge in [-0.3, -0.25) is 9.59 Å². The second kappa shape index (κ2) is 9.49. The number of alkyl halides is 2. The van der Waals surface area contributed by atoms with Crippen LogP contribution in [0.3, 0.4) is 0 Å². The Balaban J connectivity index is 1.26. The highest BCUT2D eigenvalue weighted by atomic mass is 35.5. The zero-order valence-electron chi connectivity index (χ0n) is 18.0. The summed E-state index contributed by atoms with van der Waals surface area (Å²) in [6.45, 7) is 0.720. The van der Waals surface area contributed by atoms with Crippen molar-refractivity contribution in [3.8, 4) is 0 Å². The van der Waals surface area contributed by atoms with Crippen LogP contribution in [0.2, 0.25) is 0 Å². The van der Waals surface area contributed by atoms with Gasteiger partial charge in [-0.2, -0.15) is 0 Å². The first-order chi connectivity index (χ1) is 14.8. The van der Waals surface area contributed by atoms with Crippen molar-refractivity contribution < 1.29 is 23.8 Å². The minimum Gasteiger partial charge on any atom is -0.391 e. The van der Waals surface area contributed by atoms with E-state index in [-0.39, 0.29) is 37.0 Å². The number of ether oxygens (including phenoxy) is 1. The molecular weight excluding hydrogens is 425 g/mol. The van der Waals surface area contributed by atoms with Gasteiger partial charge in [0, 0.05) is 12.0 Å². The molecule has 4 saturated carbocycles. The lowest BCUT2D eigenvalue weighted by Gasteiger charge is -2.56. The van der Waals surface area contributed by atoms with E-state index < -0.39 is 28.7 Å². The lowest BCUT2D eigenvalue weighted by atomic mass is 9.59. The molecule has 5 rings (SSSR count). The standard InChI is InChI=1S/C22H35ClFN3O4/c23-15-5-4-14(11-16(15)24)31-13-19(29)26-22-8-6-21(7-9-22,12-18(22)28)27-20(30)17-3-1-2-10-25-17/h14-18,25,28H,1-13H2,(H,26,29)(H,27,30)/t14?,15?,16?,17?,18-,21?,22?/m0/s1. The zero-order valence-corrected chi connectivity index (χ0v) is 18.8. The topological polar surface area (TPSA) is 99.7 Å². The fourth-order valence-electron chi connectivity index (χ4n) is 5.79. The smallest absolute Gasteiger partial charge is 0.246 e. The molecule has 4 aliphatic carbocycles. The third-order valence-corrected chi connectivity index (χ3v) is 8.31. The van der Waals surface area contributed by atoms with Gasteiger partial charge in [-0.1, -0.05) is 6.42 Å². The lowest BCUT2D eigenvalue weighted by molar-refractivity contribution is -0.140. The van der Waals surface area contributed by atoms with Gasteiger partial charge in [0.2, 0.25) is 11.8 Å². The summed E-state index contributed by atoms with van der Waals surface area (Å²) >= 11 is 5.90. The molecule has 9 heteroatoms. The molecule has 4 N–H and O–H groups in total. The molecule has 31 heavy (non-hydrogen) atoms. The van der Waals surface area contributed by atoms with E-state index in [2.05, 4.69) is 16.0 Å². The minimum absolute atomic E-state index is 0.0246. The fourth-order valence-corrected chi connectivity index (χ4v) is 6.02. The summed E-state index contributed by atoms with van der Waals surface area (Å²) in [4.78, 5) is 25.3. The molecule has 5 fully saturated rings. The number of carbonyl (C=O) groups is 2. The van der Waals surface area contributed by atoms with Crippen molar-refractivity contribution in [3.63, 3.8) is 0 Å². The minimum atomic E-state index is -1.10. The first-order valence-corrected chi connectivity index (χ1v) is 12.2. The Kier molecular flexibility index (Phi) is 7.11. The third-order valence-electron chi connectivity index (χ3n) is 7.82. The van der Waals surface area contributed by atoms with Crippen LogP contribution in [0.25, 0.3) is 0 Å². The third kappa shape index (κ3) is 5.18. The number of halogens is 2. The van der Waals surface area contributed by atoms with E-state index in [1.54, 1.807) is 0 Å². The van der Waals surface area contributed by atoms with Gasteiger partial charge < -0.3 is 25.8 Å². The first kappa shape index (κ1) is 23.2. The number of aliphatic hydroxyl groups excluding tert-OH is 1. The highest BCUT2D eigenvalue weighted by Crippen LogP contribution is 2.47. The van der Waals surface area contributed by atoms with Crippen molar-refractivity contribution >= 4 is 23.4 Å². The first-order valence-electron chi connectivity index (χ1n) is 11.8. The van der Waals surface area contributed by atoms with Crippen LogP contribution in [-0.4, -0.2) is 70.9 Å². The fraction of sp³-hybridized carbons (Fsp3) is 0.909. The number of piperidine rings is 1. The van der Waals surface area contributed by atoms with Crippen LogP contribution in [0.4, 0.5) is 4.39 Å². The maximum atomic E-state index is 13.8. The molecule has 5 aliphatic rings. The average molecular weight is 460 g/mol. The number of carbonyl (C=O) groups excluding carboxylic acids is 2. The second-order valence-electron chi connectivity index (χ2n) is 9.97. The van der Waals surface area contributed by atoms with Crippen molar-refractivity contribution in [1.29, 1.82) is 0 Å². The van der Waals surface area contributed by atoms with Gasteiger partial charge in [0.25, 0.3) is 0 Å². The van der Waals surface area contributed by atoms with Crippen molar-refractivity contribution in [3.05, 3.63) is 0 Å². The Bertz CT molecular complexity index is 667. The summed E-state index contributed by atoms with van der Waals surface area (Å²) in [5, 5.41) is 19.9. The quantitative estimate of drug-likeness (QED) is 0.453. The molecule has 1 aliphatic heterocycles. The van der Waals surface area contributed by atoms with Crippen LogP contribution in [0.5, 0.6) is 0 Å². The highest BCUT2D eigenvalue weighted by molar-refractivity contribution is 6.21. The second-order valence-corrected chi connectivity index (χ2v) is 10.5. The molecule has 0 radical (unpaired) electrons. The summed E-state index contributed by atoms with van der Waals surface area (Å²) in [6.07, 6.45) is 5.41. The molecule has 0 aromatic rings. The van der Waals surface area contributed by atoms with E-state index in [4.69, 9.17) is 16.3 Å². The highest BCUT2D eigenvalue weighted by Gasteiger charge is 2.55. The summed E-state index contributed by atoms with van der Waals surface area (Å²) in [5.74, 6) is -0.260. The molecule has 1 saturated heterocycles. The van der Waals surface area contributed by atoms with E-state index >= 15 is 0 Å². The van der Waals surface area contributed by atoms with Crippen molar-refractivity contribution in [1.82, 2.24) is 16.0 Å². The molecule has 0 spiro atoms. The van der Waals surface area contributed by atoms with Gasteiger partial charge in [-0.25, -0.2) is 4.39 Å². The average Bonchev–Trinajstić information content (AvgIpc) is 2.76. The molecule has 0 aromatic heterocycles. The van der Waals surface area contributed by atoms with Crippen LogP contribution in [0.15, 0.2) is 0 Å². The number of rotatable bonds is 6. The predicted molar refractivity (Wildman–Crippen MR) is 115 cm³/mol. The van der Waals surface area contributed by atoms with E-state index in [9.17, 15) is 19.1 Å². The molecule has 1 heterocycles. The maximum absolute atomic E-state index is 13.8. The zero-order chi connectivity index (χ0) is 22.1. The van der Waals surface area contributed by atoms with E-state index in [0.717, 1.165) is 38.6 Å². The molecule has 7 nitrogen and oxygen atoms in total. The summed E-state index contributed by atoms with van der Waals surface area (Å²) in [6, 6.07) is -0.150. The van der Waals surface area contributed by atoms with Gasteiger partial charge in [0.1, 0.15) is 12.8 Å². The van der Waals surface area contributed by atoms with E-state index in [1.165, 1.54) is 0 Å².